The molecule has 0 bridgehead atoms. The molecule has 0 fully saturated rings. The van der Waals surface area contributed by atoms with Crippen LogP contribution in [0, 0.1) is 11.6 Å². The summed E-state index contributed by atoms with van der Waals surface area (Å²) in [6.45, 7) is 0.689. The van der Waals surface area contributed by atoms with Crippen LogP contribution in [0.25, 0.3) is 0 Å². The summed E-state index contributed by atoms with van der Waals surface area (Å²) in [5, 5.41) is 2.98. The Morgan fingerprint density at radius 2 is 1.76 bits per heavy atom. The summed E-state index contributed by atoms with van der Waals surface area (Å²) in [5.74, 6) is -1.05. The molecule has 1 N–H and O–H groups in total. The molecule has 2 aromatic rings. The molecule has 0 saturated carbocycles. The molecule has 1 aromatic heterocycles. The fourth-order valence-corrected chi connectivity index (χ4v) is 1.54. The van der Waals surface area contributed by atoms with Crippen molar-refractivity contribution in [3.63, 3.8) is 0 Å². The lowest BCUT2D eigenvalue weighted by Gasteiger charge is -2.06. The topological polar surface area (TPSA) is 24.9 Å². The van der Waals surface area contributed by atoms with Gasteiger partial charge in [0.1, 0.15) is 11.6 Å². The van der Waals surface area contributed by atoms with Gasteiger partial charge in [0.2, 0.25) is 0 Å². The van der Waals surface area contributed by atoms with Crippen molar-refractivity contribution in [2.45, 2.75) is 13.1 Å². The van der Waals surface area contributed by atoms with E-state index in [9.17, 15) is 8.78 Å². The lowest BCUT2D eigenvalue weighted by atomic mass is 10.2. The molecule has 2 rings (SSSR count). The zero-order chi connectivity index (χ0) is 12.1. The summed E-state index contributed by atoms with van der Waals surface area (Å²) in [6, 6.07) is 7.59. The van der Waals surface area contributed by atoms with E-state index in [1.165, 1.54) is 18.2 Å². The third kappa shape index (κ3) is 3.07. The largest absolute Gasteiger partial charge is 0.308 e. The van der Waals surface area contributed by atoms with E-state index in [1.807, 2.05) is 12.1 Å². The van der Waals surface area contributed by atoms with Gasteiger partial charge in [0.15, 0.2) is 0 Å². The highest BCUT2D eigenvalue weighted by atomic mass is 19.1. The highest BCUT2D eigenvalue weighted by molar-refractivity contribution is 5.19. The van der Waals surface area contributed by atoms with Crippen molar-refractivity contribution in [2.24, 2.45) is 0 Å². The van der Waals surface area contributed by atoms with Gasteiger partial charge in [-0.1, -0.05) is 12.1 Å². The Morgan fingerprint density at radius 1 is 1.00 bits per heavy atom. The molecule has 0 aliphatic carbocycles. The number of nitrogens with zero attached hydrogens (tertiary/aromatic N) is 1. The molecule has 0 spiro atoms. The Balaban J connectivity index is 1.95. The first-order chi connectivity index (χ1) is 8.27. The Morgan fingerprint density at radius 3 is 2.41 bits per heavy atom. The molecule has 0 amide bonds. The smallest absolute Gasteiger partial charge is 0.130 e. The van der Waals surface area contributed by atoms with Crippen LogP contribution in [0.4, 0.5) is 8.78 Å². The van der Waals surface area contributed by atoms with Gasteiger partial charge in [0.25, 0.3) is 0 Å². The minimum absolute atomic E-state index is 0.0661. The lowest BCUT2D eigenvalue weighted by Crippen LogP contribution is -2.15. The third-order valence-corrected chi connectivity index (χ3v) is 2.42. The molecule has 0 unspecified atom stereocenters. The monoisotopic (exact) mass is 234 g/mol. The molecule has 88 valence electrons. The molecule has 0 radical (unpaired) electrons. The summed E-state index contributed by atoms with van der Waals surface area (Å²) < 4.78 is 26.6. The summed E-state index contributed by atoms with van der Waals surface area (Å²) in [5.41, 5.74) is 1.04. The number of benzene rings is 1. The SMILES string of the molecule is Fc1cccc(F)c1CNCc1cccnc1. The molecule has 17 heavy (non-hydrogen) atoms. The van der Waals surface area contributed by atoms with Crippen molar-refractivity contribution in [3.05, 3.63) is 65.5 Å². The van der Waals surface area contributed by atoms with E-state index in [2.05, 4.69) is 10.3 Å². The van der Waals surface area contributed by atoms with Crippen molar-refractivity contribution < 1.29 is 8.78 Å². The van der Waals surface area contributed by atoms with E-state index in [0.29, 0.717) is 6.54 Å². The second-order valence-electron chi connectivity index (χ2n) is 3.67. The van der Waals surface area contributed by atoms with Gasteiger partial charge in [-0.3, -0.25) is 4.98 Å². The molecule has 2 nitrogen and oxygen atoms in total. The van der Waals surface area contributed by atoms with Gasteiger partial charge in [-0.15, -0.1) is 0 Å². The predicted octanol–water partition coefficient (Wildman–Crippen LogP) is 2.65. The van der Waals surface area contributed by atoms with Crippen molar-refractivity contribution in [1.29, 1.82) is 0 Å². The minimum Gasteiger partial charge on any atom is -0.308 e. The first kappa shape index (κ1) is 11.7. The molecule has 1 heterocycles. The number of halogens is 2. The summed E-state index contributed by atoms with van der Waals surface area (Å²) in [6.07, 6.45) is 3.39. The van der Waals surface area contributed by atoms with E-state index in [4.69, 9.17) is 0 Å². The van der Waals surface area contributed by atoms with E-state index in [0.717, 1.165) is 5.56 Å². The second-order valence-corrected chi connectivity index (χ2v) is 3.67. The number of pyridine rings is 1. The Labute approximate surface area is 98.3 Å². The van der Waals surface area contributed by atoms with Crippen LogP contribution in [0.3, 0.4) is 0 Å². The first-order valence-corrected chi connectivity index (χ1v) is 5.30. The predicted molar refractivity (Wildman–Crippen MR) is 61.1 cm³/mol. The van der Waals surface area contributed by atoms with Gasteiger partial charge in [0, 0.05) is 31.0 Å². The minimum atomic E-state index is -0.524. The van der Waals surface area contributed by atoms with E-state index < -0.39 is 11.6 Å². The van der Waals surface area contributed by atoms with Crippen molar-refractivity contribution in [1.82, 2.24) is 10.3 Å². The summed E-state index contributed by atoms with van der Waals surface area (Å²) in [4.78, 5) is 3.96. The number of hydrogen-bond acceptors (Lipinski definition) is 2. The van der Waals surface area contributed by atoms with Crippen LogP contribution in [0.1, 0.15) is 11.1 Å². The number of hydrogen-bond donors (Lipinski definition) is 1. The fourth-order valence-electron chi connectivity index (χ4n) is 1.54. The Hall–Kier alpha value is -1.81. The van der Waals surface area contributed by atoms with Crippen molar-refractivity contribution in [3.8, 4) is 0 Å². The molecule has 0 atom stereocenters. The maximum absolute atomic E-state index is 13.3. The quantitative estimate of drug-likeness (QED) is 0.879. The van der Waals surface area contributed by atoms with Crippen LogP contribution in [-0.2, 0) is 13.1 Å². The number of rotatable bonds is 4. The van der Waals surface area contributed by atoms with Gasteiger partial charge >= 0.3 is 0 Å². The van der Waals surface area contributed by atoms with Crippen LogP contribution in [0.2, 0.25) is 0 Å². The lowest BCUT2D eigenvalue weighted by molar-refractivity contribution is 0.535. The second kappa shape index (κ2) is 5.50. The van der Waals surface area contributed by atoms with E-state index in [1.54, 1.807) is 12.4 Å². The standard InChI is InChI=1S/C13H12F2N2/c14-12-4-1-5-13(15)11(12)9-17-8-10-3-2-6-16-7-10/h1-7,17H,8-9H2. The third-order valence-electron chi connectivity index (χ3n) is 2.42. The zero-order valence-electron chi connectivity index (χ0n) is 9.16. The Kier molecular flexibility index (Phi) is 3.77. The van der Waals surface area contributed by atoms with Gasteiger partial charge in [-0.2, -0.15) is 0 Å². The number of nitrogens with one attached hydrogen (secondary N) is 1. The summed E-state index contributed by atoms with van der Waals surface area (Å²) >= 11 is 0. The zero-order valence-corrected chi connectivity index (χ0v) is 9.16. The molecule has 0 saturated heterocycles. The molecule has 0 aliphatic heterocycles. The molecule has 1 aromatic carbocycles. The first-order valence-electron chi connectivity index (χ1n) is 5.30. The normalized spacial score (nSPS) is 10.5. The fraction of sp³-hybridized carbons (Fsp3) is 0.154. The molecular formula is C13H12F2N2. The van der Waals surface area contributed by atoms with Crippen LogP contribution in [-0.4, -0.2) is 4.98 Å². The van der Waals surface area contributed by atoms with Gasteiger partial charge in [-0.25, -0.2) is 8.78 Å². The average Bonchev–Trinajstić information content (AvgIpc) is 2.34. The maximum atomic E-state index is 13.3. The highest BCUT2D eigenvalue weighted by Gasteiger charge is 2.07. The van der Waals surface area contributed by atoms with Crippen LogP contribution in [0.5, 0.6) is 0 Å². The summed E-state index contributed by atoms with van der Waals surface area (Å²) in [7, 11) is 0. The molecular weight excluding hydrogens is 222 g/mol. The van der Waals surface area contributed by atoms with Crippen molar-refractivity contribution >= 4 is 0 Å². The van der Waals surface area contributed by atoms with E-state index in [-0.39, 0.29) is 12.1 Å². The highest BCUT2D eigenvalue weighted by Crippen LogP contribution is 2.11. The van der Waals surface area contributed by atoms with Crippen molar-refractivity contribution in [2.75, 3.05) is 0 Å². The van der Waals surface area contributed by atoms with E-state index >= 15 is 0 Å². The van der Waals surface area contributed by atoms with Gasteiger partial charge < -0.3 is 5.32 Å². The maximum Gasteiger partial charge on any atom is 0.130 e. The number of aromatic nitrogens is 1. The molecule has 4 heteroatoms. The van der Waals surface area contributed by atoms with Gasteiger partial charge in [-0.05, 0) is 23.8 Å². The van der Waals surface area contributed by atoms with Crippen LogP contribution >= 0.6 is 0 Å². The Bertz CT molecular complexity index is 466. The average molecular weight is 234 g/mol. The van der Waals surface area contributed by atoms with Crippen LogP contribution < -0.4 is 5.32 Å². The van der Waals surface area contributed by atoms with Gasteiger partial charge in [0.05, 0.1) is 0 Å². The van der Waals surface area contributed by atoms with Crippen LogP contribution in [0.15, 0.2) is 42.7 Å². The molecule has 0 aliphatic rings.